The van der Waals surface area contributed by atoms with Crippen LogP contribution in [-0.4, -0.2) is 21.7 Å². The van der Waals surface area contributed by atoms with Crippen molar-refractivity contribution in [3.05, 3.63) is 70.0 Å². The molecule has 1 N–H and O–H groups in total. The van der Waals surface area contributed by atoms with Gasteiger partial charge < -0.3 is 5.11 Å². The lowest BCUT2D eigenvalue weighted by atomic mass is 9.84. The molecule has 3 aromatic rings. The van der Waals surface area contributed by atoms with Crippen molar-refractivity contribution in [3.63, 3.8) is 0 Å². The molecule has 1 heterocycles. The van der Waals surface area contributed by atoms with Crippen molar-refractivity contribution in [1.82, 2.24) is 4.98 Å². The van der Waals surface area contributed by atoms with Gasteiger partial charge in [-0.3, -0.25) is 14.6 Å². The number of hydrogen-bond acceptors (Lipinski definition) is 4. The van der Waals surface area contributed by atoms with Crippen molar-refractivity contribution in [3.8, 4) is 5.75 Å². The molecule has 0 saturated carbocycles. The Morgan fingerprint density at radius 1 is 1.00 bits per heavy atom. The van der Waals surface area contributed by atoms with Crippen LogP contribution in [0.15, 0.2) is 42.6 Å². The molecule has 22 heavy (non-hydrogen) atoms. The Bertz CT molecular complexity index is 993. The van der Waals surface area contributed by atoms with Crippen LogP contribution in [0.3, 0.4) is 0 Å². The monoisotopic (exact) mass is 309 g/mol. The molecule has 2 aromatic carbocycles. The van der Waals surface area contributed by atoms with Gasteiger partial charge in [-0.1, -0.05) is 35.9 Å². The Morgan fingerprint density at radius 2 is 1.77 bits per heavy atom. The first kappa shape index (κ1) is 13.0. The molecule has 0 aliphatic heterocycles. The molecule has 0 fully saturated rings. The molecule has 4 rings (SSSR count). The van der Waals surface area contributed by atoms with Gasteiger partial charge in [0.2, 0.25) is 5.78 Å². The smallest absolute Gasteiger partial charge is 0.216 e. The maximum atomic E-state index is 12.7. The van der Waals surface area contributed by atoms with Crippen LogP contribution in [0.2, 0.25) is 5.02 Å². The number of rotatable bonds is 0. The van der Waals surface area contributed by atoms with Gasteiger partial charge >= 0.3 is 0 Å². The van der Waals surface area contributed by atoms with Crippen LogP contribution < -0.4 is 0 Å². The van der Waals surface area contributed by atoms with E-state index in [0.29, 0.717) is 10.8 Å². The number of fused-ring (bicyclic) bond motifs is 3. The predicted octanol–water partition coefficient (Wildman–Crippen LogP) is 3.37. The normalized spacial score (nSPS) is 13.1. The maximum Gasteiger partial charge on any atom is 0.216 e. The number of hydrogen-bond donors (Lipinski definition) is 1. The van der Waals surface area contributed by atoms with Gasteiger partial charge in [-0.05, 0) is 17.5 Å². The van der Waals surface area contributed by atoms with Crippen molar-refractivity contribution in [1.29, 1.82) is 0 Å². The molecular weight excluding hydrogens is 302 g/mol. The van der Waals surface area contributed by atoms with E-state index in [2.05, 4.69) is 4.98 Å². The number of carbonyl (C=O) groups is 2. The Morgan fingerprint density at radius 3 is 2.59 bits per heavy atom. The lowest BCUT2D eigenvalue weighted by Crippen LogP contribution is -2.23. The zero-order valence-corrected chi connectivity index (χ0v) is 11.9. The molecule has 0 saturated heterocycles. The third kappa shape index (κ3) is 1.55. The van der Waals surface area contributed by atoms with Crippen LogP contribution in [0.4, 0.5) is 0 Å². The van der Waals surface area contributed by atoms with E-state index in [1.165, 1.54) is 12.3 Å². The quantitative estimate of drug-likeness (QED) is 0.541. The number of aromatic hydroxyl groups is 1. The number of halogens is 1. The molecule has 0 atom stereocenters. The summed E-state index contributed by atoms with van der Waals surface area (Å²) in [6, 6.07) is 10.1. The Kier molecular flexibility index (Phi) is 2.59. The van der Waals surface area contributed by atoms with Crippen LogP contribution in [0, 0.1) is 0 Å². The van der Waals surface area contributed by atoms with Gasteiger partial charge in [0.25, 0.3) is 0 Å². The fourth-order valence-electron chi connectivity index (χ4n) is 2.82. The fraction of sp³-hybridized carbons (Fsp3) is 0. The van der Waals surface area contributed by atoms with E-state index in [1.54, 1.807) is 30.3 Å². The first-order chi connectivity index (χ1) is 10.6. The van der Waals surface area contributed by atoms with E-state index >= 15 is 0 Å². The van der Waals surface area contributed by atoms with Crippen LogP contribution in [0.5, 0.6) is 5.75 Å². The summed E-state index contributed by atoms with van der Waals surface area (Å²) in [6.45, 7) is 0. The average molecular weight is 310 g/mol. The van der Waals surface area contributed by atoms with Crippen LogP contribution in [0.1, 0.15) is 32.0 Å². The van der Waals surface area contributed by atoms with Gasteiger partial charge in [0.15, 0.2) is 5.78 Å². The third-order valence-corrected chi connectivity index (χ3v) is 4.15. The third-order valence-electron chi connectivity index (χ3n) is 3.84. The van der Waals surface area contributed by atoms with E-state index in [1.807, 2.05) is 0 Å². The maximum absolute atomic E-state index is 12.7. The summed E-state index contributed by atoms with van der Waals surface area (Å²) >= 11 is 6.05. The molecule has 1 aliphatic rings. The highest BCUT2D eigenvalue weighted by atomic mass is 35.5. The van der Waals surface area contributed by atoms with Crippen LogP contribution >= 0.6 is 11.6 Å². The summed E-state index contributed by atoms with van der Waals surface area (Å²) in [4.78, 5) is 29.3. The van der Waals surface area contributed by atoms with Crippen molar-refractivity contribution >= 4 is 33.9 Å². The molecule has 5 heteroatoms. The molecule has 4 nitrogen and oxygen atoms in total. The minimum Gasteiger partial charge on any atom is -0.507 e. The number of nitrogens with zero attached hydrogens (tertiary/aromatic N) is 1. The summed E-state index contributed by atoms with van der Waals surface area (Å²) < 4.78 is 0. The van der Waals surface area contributed by atoms with E-state index in [4.69, 9.17) is 11.6 Å². The highest BCUT2D eigenvalue weighted by molar-refractivity contribution is 6.39. The van der Waals surface area contributed by atoms with Crippen molar-refractivity contribution in [2.75, 3.05) is 0 Å². The first-order valence-corrected chi connectivity index (χ1v) is 6.96. The van der Waals surface area contributed by atoms with Gasteiger partial charge in [0, 0.05) is 17.1 Å². The minimum absolute atomic E-state index is 0.00836. The molecule has 0 radical (unpaired) electrons. The molecule has 1 aliphatic carbocycles. The zero-order chi connectivity index (χ0) is 15.4. The summed E-state index contributed by atoms with van der Waals surface area (Å²) in [7, 11) is 0. The second-order valence-corrected chi connectivity index (χ2v) is 5.45. The predicted molar refractivity (Wildman–Crippen MR) is 81.7 cm³/mol. The number of carbonyl (C=O) groups excluding carboxylic acids is 2. The van der Waals surface area contributed by atoms with Gasteiger partial charge in [-0.25, -0.2) is 0 Å². The van der Waals surface area contributed by atoms with E-state index in [9.17, 15) is 14.7 Å². The lowest BCUT2D eigenvalue weighted by molar-refractivity contribution is 0.0973. The fourth-order valence-corrected chi connectivity index (χ4v) is 3.05. The number of aromatic nitrogens is 1. The standard InChI is InChI=1S/C17H8ClNO3/c18-11-5-6-19-14-13(11)16(21)10-7-8-3-1-2-4-9(8)15(20)12(10)17(14)22/h1-7,20H. The Labute approximate surface area is 130 Å². The first-order valence-electron chi connectivity index (χ1n) is 6.58. The second-order valence-electron chi connectivity index (χ2n) is 5.04. The lowest BCUT2D eigenvalue weighted by Gasteiger charge is -2.19. The SMILES string of the molecule is O=C1c2cc3ccccc3c(O)c2C(=O)c2nccc(Cl)c21. The van der Waals surface area contributed by atoms with E-state index < -0.39 is 11.6 Å². The Balaban J connectivity index is 2.14. The number of benzene rings is 2. The summed E-state index contributed by atoms with van der Waals surface area (Å²) in [6.07, 6.45) is 1.37. The van der Waals surface area contributed by atoms with Gasteiger partial charge in [0.1, 0.15) is 11.4 Å². The minimum atomic E-state index is -0.490. The van der Waals surface area contributed by atoms with Crippen LogP contribution in [0.25, 0.3) is 10.8 Å². The van der Waals surface area contributed by atoms with Crippen molar-refractivity contribution in [2.24, 2.45) is 0 Å². The molecule has 0 bridgehead atoms. The highest BCUT2D eigenvalue weighted by Gasteiger charge is 2.35. The van der Waals surface area contributed by atoms with Gasteiger partial charge in [0.05, 0.1) is 16.1 Å². The highest BCUT2D eigenvalue weighted by Crippen LogP contribution is 2.38. The number of phenolic OH excluding ortho intramolecular Hbond substituents is 1. The summed E-state index contributed by atoms with van der Waals surface area (Å²) in [5.41, 5.74) is 0.224. The zero-order valence-electron chi connectivity index (χ0n) is 11.1. The van der Waals surface area contributed by atoms with Gasteiger partial charge in [-0.2, -0.15) is 0 Å². The summed E-state index contributed by atoms with van der Waals surface area (Å²) in [5, 5.41) is 11.8. The molecule has 0 amide bonds. The average Bonchev–Trinajstić information content (AvgIpc) is 2.52. The van der Waals surface area contributed by atoms with Crippen LogP contribution in [-0.2, 0) is 0 Å². The molecule has 0 spiro atoms. The molecule has 106 valence electrons. The second kappa shape index (κ2) is 4.39. The van der Waals surface area contributed by atoms with E-state index in [0.717, 1.165) is 0 Å². The number of ketones is 2. The largest absolute Gasteiger partial charge is 0.507 e. The van der Waals surface area contributed by atoms with Crippen molar-refractivity contribution < 1.29 is 14.7 Å². The molecule has 0 unspecified atom stereocenters. The molecular formula is C17H8ClNO3. The Hall–Kier alpha value is -2.72. The van der Waals surface area contributed by atoms with E-state index in [-0.39, 0.29) is 33.2 Å². The number of phenols is 1. The van der Waals surface area contributed by atoms with Gasteiger partial charge in [-0.15, -0.1) is 0 Å². The number of pyridine rings is 1. The van der Waals surface area contributed by atoms with Crippen molar-refractivity contribution in [2.45, 2.75) is 0 Å². The summed E-state index contributed by atoms with van der Waals surface area (Å²) in [5.74, 6) is -1.09. The topological polar surface area (TPSA) is 67.3 Å². The molecule has 1 aromatic heterocycles.